The number of benzene rings is 9. The SMILES string of the molecule is c1ccc2c(c1)ccc1c2c2ccccc2n1-c1nc(-n2c3ccccc3c3c4c5ccccc5n5c6c7ccccc7ccc6c(cc32)c45)c2sc3ccccc3c2n1. The van der Waals surface area contributed by atoms with Crippen molar-refractivity contribution in [1.82, 2.24) is 23.5 Å². The molecule has 0 atom stereocenters. The van der Waals surface area contributed by atoms with Gasteiger partial charge in [0, 0.05) is 58.6 Å². The van der Waals surface area contributed by atoms with E-state index >= 15 is 0 Å². The van der Waals surface area contributed by atoms with Crippen molar-refractivity contribution in [1.29, 1.82) is 0 Å². The van der Waals surface area contributed by atoms with E-state index in [0.717, 1.165) is 43.5 Å². The summed E-state index contributed by atoms with van der Waals surface area (Å²) in [4.78, 5) is 11.3. The number of hydrogen-bond acceptors (Lipinski definition) is 3. The summed E-state index contributed by atoms with van der Waals surface area (Å²) in [5, 5.41) is 16.0. The molecule has 6 heterocycles. The second kappa shape index (κ2) is 11.0. The third-order valence-corrected chi connectivity index (χ3v) is 14.3. The van der Waals surface area contributed by atoms with Crippen LogP contribution in [0.4, 0.5) is 0 Å². The van der Waals surface area contributed by atoms with E-state index in [-0.39, 0.29) is 0 Å². The fourth-order valence-electron chi connectivity index (χ4n) is 10.8. The molecule has 5 nitrogen and oxygen atoms in total. The fraction of sp³-hybridized carbons (Fsp3) is 0. The Hall–Kier alpha value is -7.80. The molecule has 9 aromatic carbocycles. The predicted molar refractivity (Wildman–Crippen MR) is 253 cm³/mol. The molecule has 60 heavy (non-hydrogen) atoms. The summed E-state index contributed by atoms with van der Waals surface area (Å²) in [7, 11) is 0. The minimum Gasteiger partial charge on any atom is -0.307 e. The van der Waals surface area contributed by atoms with Gasteiger partial charge in [0.1, 0.15) is 0 Å². The highest BCUT2D eigenvalue weighted by Crippen LogP contribution is 2.49. The first kappa shape index (κ1) is 31.2. The first-order valence-corrected chi connectivity index (χ1v) is 21.2. The topological polar surface area (TPSA) is 40.0 Å². The molecule has 0 aliphatic rings. The molecule has 0 aliphatic heterocycles. The van der Waals surface area contributed by atoms with E-state index in [0.29, 0.717) is 5.95 Å². The molecular formula is C54H29N5S. The van der Waals surface area contributed by atoms with E-state index in [1.807, 2.05) is 0 Å². The van der Waals surface area contributed by atoms with Gasteiger partial charge in [-0.25, -0.2) is 4.98 Å². The first-order chi connectivity index (χ1) is 29.8. The molecule has 0 spiro atoms. The van der Waals surface area contributed by atoms with Crippen LogP contribution in [0.2, 0.25) is 0 Å². The van der Waals surface area contributed by atoms with Crippen molar-refractivity contribution in [3.8, 4) is 11.8 Å². The molecule has 15 aromatic rings. The summed E-state index contributed by atoms with van der Waals surface area (Å²) in [5.74, 6) is 1.55. The van der Waals surface area contributed by atoms with E-state index in [9.17, 15) is 0 Å². The number of thiophene rings is 1. The number of fused-ring (bicyclic) bond motifs is 20. The van der Waals surface area contributed by atoms with Gasteiger partial charge < -0.3 is 4.40 Å². The minimum atomic E-state index is 0.660. The van der Waals surface area contributed by atoms with Gasteiger partial charge in [0.25, 0.3) is 0 Å². The van der Waals surface area contributed by atoms with Crippen LogP contribution in [0.5, 0.6) is 0 Å². The molecule has 0 amide bonds. The van der Waals surface area contributed by atoms with Gasteiger partial charge in [0.2, 0.25) is 5.95 Å². The normalized spacial score (nSPS) is 12.7. The third kappa shape index (κ3) is 3.74. The van der Waals surface area contributed by atoms with Crippen LogP contribution in [0, 0.1) is 0 Å². The van der Waals surface area contributed by atoms with Gasteiger partial charge >= 0.3 is 0 Å². The maximum absolute atomic E-state index is 5.77. The van der Waals surface area contributed by atoms with Gasteiger partial charge in [0.15, 0.2) is 5.82 Å². The fourth-order valence-corrected chi connectivity index (χ4v) is 11.9. The summed E-state index contributed by atoms with van der Waals surface area (Å²) >= 11 is 1.78. The van der Waals surface area contributed by atoms with Crippen molar-refractivity contribution in [2.75, 3.05) is 0 Å². The van der Waals surface area contributed by atoms with E-state index in [2.05, 4.69) is 189 Å². The zero-order valence-electron chi connectivity index (χ0n) is 31.9. The summed E-state index contributed by atoms with van der Waals surface area (Å²) in [6.45, 7) is 0. The van der Waals surface area contributed by atoms with Crippen LogP contribution in [0.1, 0.15) is 0 Å². The molecule has 15 rings (SSSR count). The van der Waals surface area contributed by atoms with Crippen LogP contribution < -0.4 is 0 Å². The van der Waals surface area contributed by atoms with Crippen molar-refractivity contribution >= 4 is 135 Å². The molecule has 0 fully saturated rings. The zero-order valence-corrected chi connectivity index (χ0v) is 32.7. The van der Waals surface area contributed by atoms with Gasteiger partial charge in [-0.2, -0.15) is 4.98 Å². The summed E-state index contributed by atoms with van der Waals surface area (Å²) in [6.07, 6.45) is 0. The van der Waals surface area contributed by atoms with Crippen molar-refractivity contribution in [2.45, 2.75) is 0 Å². The Balaban J connectivity index is 1.16. The monoisotopic (exact) mass is 779 g/mol. The van der Waals surface area contributed by atoms with Crippen LogP contribution in [0.15, 0.2) is 176 Å². The van der Waals surface area contributed by atoms with Crippen LogP contribution >= 0.6 is 11.3 Å². The molecule has 0 radical (unpaired) electrons. The Labute approximate surface area is 344 Å². The minimum absolute atomic E-state index is 0.660. The number of hydrogen-bond donors (Lipinski definition) is 0. The quantitative estimate of drug-likeness (QED) is 0.175. The molecule has 276 valence electrons. The summed E-state index contributed by atoms with van der Waals surface area (Å²) in [5.41, 5.74) is 9.16. The number of nitrogens with zero attached hydrogens (tertiary/aromatic N) is 5. The van der Waals surface area contributed by atoms with E-state index in [1.165, 1.54) is 85.9 Å². The van der Waals surface area contributed by atoms with E-state index in [4.69, 9.17) is 9.97 Å². The standard InChI is InChI=1S/C54H29N5S/c1-3-15-32-30(13-1)26-28-43-46(32)35-17-5-10-22-41(35)58(43)54-55-49-38-20-8-12-24-45(38)60-52(49)53(56-54)57-40-21-9-6-18-36(40)47-44(57)29-39-34-27-25-31-14-2-4-16-33(31)50(34)59-42-23-11-7-19-37(42)48(47)51(39)59/h1-29H. The Kier molecular flexibility index (Phi) is 5.74. The van der Waals surface area contributed by atoms with Crippen LogP contribution in [0.25, 0.3) is 135 Å². The van der Waals surface area contributed by atoms with Crippen molar-refractivity contribution < 1.29 is 0 Å². The number of para-hydroxylation sites is 3. The van der Waals surface area contributed by atoms with Gasteiger partial charge in [-0.1, -0.05) is 140 Å². The lowest BCUT2D eigenvalue weighted by Gasteiger charge is -2.13. The van der Waals surface area contributed by atoms with Gasteiger partial charge in [-0.15, -0.1) is 11.3 Å². The Bertz CT molecular complexity index is 4370. The average molecular weight is 780 g/mol. The van der Waals surface area contributed by atoms with Crippen LogP contribution in [0.3, 0.4) is 0 Å². The van der Waals surface area contributed by atoms with Gasteiger partial charge in [-0.05, 0) is 52.6 Å². The third-order valence-electron chi connectivity index (χ3n) is 13.2. The van der Waals surface area contributed by atoms with Gasteiger partial charge in [0.05, 0.1) is 48.8 Å². The molecule has 0 saturated heterocycles. The molecule has 0 saturated carbocycles. The molecule has 0 N–H and O–H groups in total. The first-order valence-electron chi connectivity index (χ1n) is 20.4. The Morgan fingerprint density at radius 2 is 0.967 bits per heavy atom. The number of rotatable bonds is 2. The lowest BCUT2D eigenvalue weighted by Crippen LogP contribution is -2.06. The molecule has 0 unspecified atom stereocenters. The van der Waals surface area contributed by atoms with Crippen molar-refractivity contribution in [2.24, 2.45) is 0 Å². The second-order valence-electron chi connectivity index (χ2n) is 16.1. The highest BCUT2D eigenvalue weighted by Gasteiger charge is 2.27. The van der Waals surface area contributed by atoms with E-state index < -0.39 is 0 Å². The van der Waals surface area contributed by atoms with Crippen molar-refractivity contribution in [3.63, 3.8) is 0 Å². The maximum atomic E-state index is 5.77. The molecule has 6 heteroatoms. The largest absolute Gasteiger partial charge is 0.307 e. The summed E-state index contributed by atoms with van der Waals surface area (Å²) in [6, 6.07) is 64.2. The molecule has 6 aromatic heterocycles. The highest BCUT2D eigenvalue weighted by atomic mass is 32.1. The second-order valence-corrected chi connectivity index (χ2v) is 17.1. The van der Waals surface area contributed by atoms with Crippen LogP contribution in [-0.4, -0.2) is 23.5 Å². The Morgan fingerprint density at radius 1 is 0.367 bits per heavy atom. The lowest BCUT2D eigenvalue weighted by molar-refractivity contribution is 0.977. The maximum Gasteiger partial charge on any atom is 0.237 e. The lowest BCUT2D eigenvalue weighted by atomic mass is 10.0. The number of aromatic nitrogens is 5. The molecular weight excluding hydrogens is 751 g/mol. The zero-order chi connectivity index (χ0) is 38.8. The Morgan fingerprint density at radius 3 is 1.77 bits per heavy atom. The van der Waals surface area contributed by atoms with Crippen LogP contribution in [-0.2, 0) is 0 Å². The summed E-state index contributed by atoms with van der Waals surface area (Å²) < 4.78 is 9.52. The van der Waals surface area contributed by atoms with Crippen molar-refractivity contribution in [3.05, 3.63) is 176 Å². The smallest absolute Gasteiger partial charge is 0.237 e. The molecule has 0 bridgehead atoms. The predicted octanol–water partition coefficient (Wildman–Crippen LogP) is 14.5. The average Bonchev–Trinajstić information content (AvgIpc) is 4.10. The van der Waals surface area contributed by atoms with Gasteiger partial charge in [-0.3, -0.25) is 9.13 Å². The highest BCUT2D eigenvalue weighted by molar-refractivity contribution is 7.26. The molecule has 0 aliphatic carbocycles. The van der Waals surface area contributed by atoms with E-state index in [1.54, 1.807) is 11.3 Å².